The molecule has 0 amide bonds. The summed E-state index contributed by atoms with van der Waals surface area (Å²) >= 11 is 1.18. The fourth-order valence-electron chi connectivity index (χ4n) is 4.07. The molecule has 0 saturated carbocycles. The van der Waals surface area contributed by atoms with Gasteiger partial charge in [-0.05, 0) is 59.3 Å². The predicted molar refractivity (Wildman–Crippen MR) is 152 cm³/mol. The van der Waals surface area contributed by atoms with Gasteiger partial charge in [0.2, 0.25) is 0 Å². The number of allylic oxidation sites excluding steroid dienone is 1. The number of benzene rings is 2. The van der Waals surface area contributed by atoms with Crippen molar-refractivity contribution in [1.82, 2.24) is 4.90 Å². The van der Waals surface area contributed by atoms with Crippen LogP contribution in [0.1, 0.15) is 11.3 Å². The van der Waals surface area contributed by atoms with Gasteiger partial charge in [-0.25, -0.2) is 8.42 Å². The Morgan fingerprint density at radius 3 is 2.60 bits per heavy atom. The van der Waals surface area contributed by atoms with E-state index in [1.807, 2.05) is 0 Å². The van der Waals surface area contributed by atoms with Gasteiger partial charge in [0, 0.05) is 25.9 Å². The fraction of sp³-hybridized carbons (Fsp3) is 0.321. The summed E-state index contributed by atoms with van der Waals surface area (Å²) in [5, 5.41) is 12.4. The Bertz CT molecular complexity index is 1460. The number of morpholine rings is 1. The molecule has 0 bridgehead atoms. The average molecular weight is 594 g/mol. The van der Waals surface area contributed by atoms with Gasteiger partial charge in [0.05, 0.1) is 41.0 Å². The number of rotatable bonds is 11. The van der Waals surface area contributed by atoms with Crippen LogP contribution in [0.3, 0.4) is 0 Å². The van der Waals surface area contributed by atoms with Crippen LogP contribution < -0.4 is 10.1 Å². The average Bonchev–Trinajstić information content (AvgIpc) is 3.42. The molecule has 0 radical (unpaired) electrons. The largest absolute Gasteiger partial charge is 0.491 e. The summed E-state index contributed by atoms with van der Waals surface area (Å²) in [6, 6.07) is 15.0. The second-order valence-electron chi connectivity index (χ2n) is 9.25. The summed E-state index contributed by atoms with van der Waals surface area (Å²) in [6.45, 7) is 4.45. The molecule has 1 aliphatic rings. The number of sulfone groups is 1. The van der Waals surface area contributed by atoms with E-state index in [1.165, 1.54) is 23.5 Å². The maximum absolute atomic E-state index is 13.3. The van der Waals surface area contributed by atoms with E-state index in [4.69, 9.17) is 14.9 Å². The van der Waals surface area contributed by atoms with Crippen molar-refractivity contribution in [2.75, 3.05) is 51.0 Å². The Morgan fingerprint density at radius 1 is 1.12 bits per heavy atom. The Balaban J connectivity index is 1.56. The second kappa shape index (κ2) is 13.0. The van der Waals surface area contributed by atoms with Crippen LogP contribution in [0.15, 0.2) is 70.9 Å². The highest BCUT2D eigenvalue weighted by Crippen LogP contribution is 2.34. The standard InChI is InChI=1S/C28H30F3N3O4S2/c1-40(35,36)22-7-4-6-20(16-22)21-17-26(39-19-21)24(18-27(32)28(29,30)31)33-23-8-2-3-9-25(23)38-13-5-10-34-11-14-37-15-12-34/h2-4,6-9,16-19,32-33H,5,10-15H2,1H3/b24-18-,32-27?. The smallest absolute Gasteiger partial charge is 0.432 e. The number of nitrogens with zero attached hydrogens (tertiary/aromatic N) is 1. The third kappa shape index (κ3) is 8.17. The molecule has 4 rings (SSSR count). The number of anilines is 1. The van der Waals surface area contributed by atoms with Crippen LogP contribution in [0.5, 0.6) is 5.75 Å². The van der Waals surface area contributed by atoms with Crippen LogP contribution in [0, 0.1) is 5.41 Å². The minimum atomic E-state index is -4.83. The second-order valence-corrected chi connectivity index (χ2v) is 12.2. The van der Waals surface area contributed by atoms with Crippen LogP contribution in [0.25, 0.3) is 16.8 Å². The molecule has 0 unspecified atom stereocenters. The predicted octanol–water partition coefficient (Wildman–Crippen LogP) is 5.95. The van der Waals surface area contributed by atoms with Gasteiger partial charge in [-0.3, -0.25) is 10.3 Å². The molecule has 12 heteroatoms. The van der Waals surface area contributed by atoms with E-state index >= 15 is 0 Å². The first kappa shape index (κ1) is 29.8. The van der Waals surface area contributed by atoms with Crippen molar-refractivity contribution < 1.29 is 31.1 Å². The SMILES string of the molecule is CS(=O)(=O)c1cccc(-c2csc(/C(=C/C(=N)C(F)(F)F)Nc3ccccc3OCCCN3CCOCC3)c2)c1. The van der Waals surface area contributed by atoms with Crippen molar-refractivity contribution in [2.45, 2.75) is 17.5 Å². The van der Waals surface area contributed by atoms with Gasteiger partial charge < -0.3 is 14.8 Å². The summed E-state index contributed by atoms with van der Waals surface area (Å²) in [7, 11) is -3.43. The molecule has 1 aliphatic heterocycles. The minimum Gasteiger partial charge on any atom is -0.491 e. The van der Waals surface area contributed by atoms with Gasteiger partial charge in [0.25, 0.3) is 0 Å². The number of alkyl halides is 3. The van der Waals surface area contributed by atoms with E-state index in [-0.39, 0.29) is 10.6 Å². The first-order valence-electron chi connectivity index (χ1n) is 12.6. The van der Waals surface area contributed by atoms with E-state index in [0.29, 0.717) is 47.3 Å². The van der Waals surface area contributed by atoms with Gasteiger partial charge in [0.1, 0.15) is 11.5 Å². The quantitative estimate of drug-likeness (QED) is 0.211. The molecule has 2 aromatic carbocycles. The molecule has 2 N–H and O–H groups in total. The molecule has 1 saturated heterocycles. The fourth-order valence-corrected chi connectivity index (χ4v) is 5.62. The van der Waals surface area contributed by atoms with Crippen LogP contribution in [-0.2, 0) is 14.6 Å². The zero-order valence-electron chi connectivity index (χ0n) is 21.8. The topological polar surface area (TPSA) is 91.7 Å². The highest BCUT2D eigenvalue weighted by atomic mass is 32.2. The Hall–Kier alpha value is -3.19. The number of halogens is 3. The van der Waals surface area contributed by atoms with Gasteiger partial charge in [0.15, 0.2) is 9.84 Å². The lowest BCUT2D eigenvalue weighted by Gasteiger charge is -2.26. The molecule has 214 valence electrons. The van der Waals surface area contributed by atoms with Crippen molar-refractivity contribution in [3.63, 3.8) is 0 Å². The minimum absolute atomic E-state index is 0.0715. The summed E-state index contributed by atoms with van der Waals surface area (Å²) in [5.74, 6) is 0.478. The molecular formula is C28H30F3N3O4S2. The highest BCUT2D eigenvalue weighted by molar-refractivity contribution is 7.90. The zero-order chi connectivity index (χ0) is 28.8. The zero-order valence-corrected chi connectivity index (χ0v) is 23.5. The number of hydrogen-bond acceptors (Lipinski definition) is 8. The number of hydrogen-bond donors (Lipinski definition) is 2. The van der Waals surface area contributed by atoms with Gasteiger partial charge in [-0.15, -0.1) is 11.3 Å². The van der Waals surface area contributed by atoms with E-state index in [9.17, 15) is 21.6 Å². The third-order valence-corrected chi connectivity index (χ3v) is 8.26. The van der Waals surface area contributed by atoms with Crippen LogP contribution in [-0.4, -0.2) is 70.9 Å². The lowest BCUT2D eigenvalue weighted by atomic mass is 10.1. The van der Waals surface area contributed by atoms with E-state index < -0.39 is 21.7 Å². The molecule has 2 heterocycles. The summed E-state index contributed by atoms with van der Waals surface area (Å²) in [4.78, 5) is 2.88. The van der Waals surface area contributed by atoms with E-state index in [2.05, 4.69) is 10.2 Å². The van der Waals surface area contributed by atoms with Crippen molar-refractivity contribution in [3.05, 3.63) is 70.9 Å². The lowest BCUT2D eigenvalue weighted by molar-refractivity contribution is -0.0583. The number of thiophene rings is 1. The normalized spacial score (nSPS) is 15.2. The van der Waals surface area contributed by atoms with E-state index in [0.717, 1.165) is 38.4 Å². The number of para-hydroxylation sites is 2. The highest BCUT2D eigenvalue weighted by Gasteiger charge is 2.33. The van der Waals surface area contributed by atoms with Crippen LogP contribution in [0.4, 0.5) is 18.9 Å². The molecule has 0 atom stereocenters. The van der Waals surface area contributed by atoms with Crippen molar-refractivity contribution in [2.24, 2.45) is 0 Å². The van der Waals surface area contributed by atoms with Crippen molar-refractivity contribution in [1.29, 1.82) is 5.41 Å². The van der Waals surface area contributed by atoms with Gasteiger partial charge in [-0.1, -0.05) is 24.3 Å². The van der Waals surface area contributed by atoms with Crippen molar-refractivity contribution in [3.8, 4) is 16.9 Å². The van der Waals surface area contributed by atoms with Gasteiger partial charge >= 0.3 is 6.18 Å². The Labute approximate surface area is 235 Å². The van der Waals surface area contributed by atoms with Crippen LogP contribution >= 0.6 is 11.3 Å². The number of ether oxygens (including phenoxy) is 2. The molecule has 1 aromatic heterocycles. The molecule has 3 aromatic rings. The van der Waals surface area contributed by atoms with E-state index in [1.54, 1.807) is 47.8 Å². The Kier molecular flexibility index (Phi) is 9.67. The van der Waals surface area contributed by atoms with Crippen molar-refractivity contribution >= 4 is 38.3 Å². The molecule has 40 heavy (non-hydrogen) atoms. The first-order chi connectivity index (χ1) is 19.0. The molecule has 1 fully saturated rings. The maximum atomic E-state index is 13.3. The molecule has 0 spiro atoms. The lowest BCUT2D eigenvalue weighted by Crippen LogP contribution is -2.37. The number of nitrogens with one attached hydrogen (secondary N) is 2. The summed E-state index contributed by atoms with van der Waals surface area (Å²) < 4.78 is 75.3. The maximum Gasteiger partial charge on any atom is 0.432 e. The Morgan fingerprint density at radius 2 is 1.88 bits per heavy atom. The van der Waals surface area contributed by atoms with Crippen LogP contribution in [0.2, 0.25) is 0 Å². The first-order valence-corrected chi connectivity index (χ1v) is 15.3. The third-order valence-electron chi connectivity index (χ3n) is 6.19. The monoisotopic (exact) mass is 593 g/mol. The summed E-state index contributed by atoms with van der Waals surface area (Å²) in [5.41, 5.74) is 0.281. The van der Waals surface area contributed by atoms with Gasteiger partial charge in [-0.2, -0.15) is 13.2 Å². The summed E-state index contributed by atoms with van der Waals surface area (Å²) in [6.07, 6.45) is -2.19. The molecule has 0 aliphatic carbocycles. The molecule has 7 nitrogen and oxygen atoms in total. The molecular weight excluding hydrogens is 563 g/mol.